The molecule has 0 bridgehead atoms. The highest BCUT2D eigenvalue weighted by molar-refractivity contribution is 4.65. The van der Waals surface area contributed by atoms with Gasteiger partial charge in [-0.1, -0.05) is 40.5 Å². The zero-order valence-corrected chi connectivity index (χ0v) is 9.19. The molecular weight excluding hydrogens is 146 g/mol. The van der Waals surface area contributed by atoms with Crippen LogP contribution in [0.1, 0.15) is 53.4 Å². The Morgan fingerprint density at radius 1 is 0.833 bits per heavy atom. The molecule has 0 aliphatic heterocycles. The van der Waals surface area contributed by atoms with Crippen molar-refractivity contribution < 1.29 is 0 Å². The molecule has 1 heteroatoms. The predicted molar refractivity (Wildman–Crippen MR) is 56.4 cm³/mol. The van der Waals surface area contributed by atoms with Gasteiger partial charge in [0.25, 0.3) is 0 Å². The lowest BCUT2D eigenvalue weighted by atomic mass is 10.0. The number of nitrogens with one attached hydrogen (secondary N) is 1. The quantitative estimate of drug-likeness (QED) is 0.620. The molecule has 0 aromatic rings. The van der Waals surface area contributed by atoms with E-state index in [0.717, 1.165) is 12.0 Å². The first kappa shape index (κ1) is 12.0. The van der Waals surface area contributed by atoms with Gasteiger partial charge in [0.1, 0.15) is 0 Å². The van der Waals surface area contributed by atoms with E-state index in [1.807, 2.05) is 0 Å². The van der Waals surface area contributed by atoms with Gasteiger partial charge in [-0.3, -0.25) is 0 Å². The summed E-state index contributed by atoms with van der Waals surface area (Å²) in [6.07, 6.45) is 5.14. The summed E-state index contributed by atoms with van der Waals surface area (Å²) in [6, 6.07) is 0.741. The van der Waals surface area contributed by atoms with Crippen LogP contribution in [-0.2, 0) is 0 Å². The molecule has 0 unspecified atom stereocenters. The van der Waals surface area contributed by atoms with Crippen molar-refractivity contribution in [1.29, 1.82) is 0 Å². The van der Waals surface area contributed by atoms with Gasteiger partial charge in [0.05, 0.1) is 0 Å². The van der Waals surface area contributed by atoms with Gasteiger partial charge in [-0.25, -0.2) is 0 Å². The van der Waals surface area contributed by atoms with E-state index < -0.39 is 0 Å². The summed E-state index contributed by atoms with van der Waals surface area (Å²) in [5.41, 5.74) is 0. The minimum absolute atomic E-state index is 0.741. The van der Waals surface area contributed by atoms with Gasteiger partial charge >= 0.3 is 0 Å². The molecule has 0 amide bonds. The van der Waals surface area contributed by atoms with Crippen LogP contribution in [0, 0.1) is 5.92 Å². The van der Waals surface area contributed by atoms with Crippen molar-refractivity contribution in [3.8, 4) is 0 Å². The zero-order chi connectivity index (χ0) is 9.40. The first-order chi connectivity index (χ1) is 5.78. The Morgan fingerprint density at radius 3 is 1.67 bits per heavy atom. The second-order valence-electron chi connectivity index (χ2n) is 3.60. The smallest absolute Gasteiger partial charge is 0.00619 e. The lowest BCUT2D eigenvalue weighted by molar-refractivity contribution is 0.395. The Labute approximate surface area is 77.9 Å². The predicted octanol–water partition coefficient (Wildman–Crippen LogP) is 3.20. The number of rotatable bonds is 7. The van der Waals surface area contributed by atoms with E-state index in [1.165, 1.54) is 32.2 Å². The summed E-state index contributed by atoms with van der Waals surface area (Å²) in [5, 5.41) is 3.62. The van der Waals surface area contributed by atoms with Crippen LogP contribution in [0.15, 0.2) is 0 Å². The molecule has 1 nitrogen and oxygen atoms in total. The van der Waals surface area contributed by atoms with Gasteiger partial charge in [-0.05, 0) is 25.3 Å². The molecule has 74 valence electrons. The SMILES string of the molecule is CCC(CC)CNC(CC)CC. The highest BCUT2D eigenvalue weighted by atomic mass is 14.9. The average Bonchev–Trinajstić information content (AvgIpc) is 2.13. The third-order valence-electron chi connectivity index (χ3n) is 2.84. The third kappa shape index (κ3) is 4.76. The van der Waals surface area contributed by atoms with Crippen molar-refractivity contribution in [3.63, 3.8) is 0 Å². The van der Waals surface area contributed by atoms with E-state index in [2.05, 4.69) is 33.0 Å². The molecule has 0 heterocycles. The van der Waals surface area contributed by atoms with Crippen molar-refractivity contribution in [3.05, 3.63) is 0 Å². The molecule has 0 fully saturated rings. The first-order valence-electron chi connectivity index (χ1n) is 5.51. The summed E-state index contributed by atoms with van der Waals surface area (Å²) in [5.74, 6) is 0.880. The molecule has 0 aromatic carbocycles. The third-order valence-corrected chi connectivity index (χ3v) is 2.84. The molecule has 0 aliphatic rings. The van der Waals surface area contributed by atoms with Crippen LogP contribution in [0.5, 0.6) is 0 Å². The van der Waals surface area contributed by atoms with Crippen molar-refractivity contribution >= 4 is 0 Å². The lowest BCUT2D eigenvalue weighted by Gasteiger charge is -2.19. The van der Waals surface area contributed by atoms with Crippen LogP contribution in [0.2, 0.25) is 0 Å². The van der Waals surface area contributed by atoms with Gasteiger partial charge < -0.3 is 5.32 Å². The highest BCUT2D eigenvalue weighted by Crippen LogP contribution is 2.06. The zero-order valence-electron chi connectivity index (χ0n) is 9.19. The second kappa shape index (κ2) is 7.60. The Kier molecular flexibility index (Phi) is 7.58. The monoisotopic (exact) mass is 171 g/mol. The summed E-state index contributed by atoms with van der Waals surface area (Å²) in [6.45, 7) is 10.3. The van der Waals surface area contributed by atoms with E-state index in [-0.39, 0.29) is 0 Å². The largest absolute Gasteiger partial charge is 0.314 e. The topological polar surface area (TPSA) is 12.0 Å². The molecule has 0 saturated heterocycles. The highest BCUT2D eigenvalue weighted by Gasteiger charge is 2.06. The van der Waals surface area contributed by atoms with Gasteiger partial charge in [-0.2, -0.15) is 0 Å². The molecule has 12 heavy (non-hydrogen) atoms. The first-order valence-corrected chi connectivity index (χ1v) is 5.51. The van der Waals surface area contributed by atoms with Crippen molar-refractivity contribution in [2.45, 2.75) is 59.4 Å². The maximum Gasteiger partial charge on any atom is 0.00619 e. The average molecular weight is 171 g/mol. The maximum absolute atomic E-state index is 3.62. The molecule has 0 aliphatic carbocycles. The van der Waals surface area contributed by atoms with E-state index >= 15 is 0 Å². The second-order valence-corrected chi connectivity index (χ2v) is 3.60. The van der Waals surface area contributed by atoms with Crippen molar-refractivity contribution in [1.82, 2.24) is 5.32 Å². The fourth-order valence-corrected chi connectivity index (χ4v) is 1.49. The molecule has 0 atom stereocenters. The Bertz CT molecular complexity index is 71.0. The van der Waals surface area contributed by atoms with Crippen molar-refractivity contribution in [2.24, 2.45) is 5.92 Å². The number of hydrogen-bond donors (Lipinski definition) is 1. The fourth-order valence-electron chi connectivity index (χ4n) is 1.49. The number of hydrogen-bond acceptors (Lipinski definition) is 1. The van der Waals surface area contributed by atoms with Gasteiger partial charge in [-0.15, -0.1) is 0 Å². The lowest BCUT2D eigenvalue weighted by Crippen LogP contribution is -2.32. The van der Waals surface area contributed by atoms with Gasteiger partial charge in [0.2, 0.25) is 0 Å². The van der Waals surface area contributed by atoms with Gasteiger partial charge in [0, 0.05) is 6.04 Å². The van der Waals surface area contributed by atoms with E-state index in [1.54, 1.807) is 0 Å². The summed E-state index contributed by atoms with van der Waals surface area (Å²) in [4.78, 5) is 0. The minimum atomic E-state index is 0.741. The molecule has 1 N–H and O–H groups in total. The molecule has 0 saturated carbocycles. The Hall–Kier alpha value is -0.0400. The maximum atomic E-state index is 3.62. The van der Waals surface area contributed by atoms with Crippen LogP contribution in [0.25, 0.3) is 0 Å². The van der Waals surface area contributed by atoms with E-state index in [0.29, 0.717) is 0 Å². The molecule has 0 aromatic heterocycles. The van der Waals surface area contributed by atoms with Crippen LogP contribution >= 0.6 is 0 Å². The van der Waals surface area contributed by atoms with Crippen LogP contribution in [0.4, 0.5) is 0 Å². The molecular formula is C11H25N. The Balaban J connectivity index is 3.49. The van der Waals surface area contributed by atoms with Crippen LogP contribution in [-0.4, -0.2) is 12.6 Å². The van der Waals surface area contributed by atoms with E-state index in [9.17, 15) is 0 Å². The molecule has 0 rings (SSSR count). The van der Waals surface area contributed by atoms with E-state index in [4.69, 9.17) is 0 Å². The minimum Gasteiger partial charge on any atom is -0.314 e. The molecule has 0 spiro atoms. The summed E-state index contributed by atoms with van der Waals surface area (Å²) >= 11 is 0. The standard InChI is InChI=1S/C11H25N/c1-5-10(6-2)9-12-11(7-3)8-4/h10-12H,5-9H2,1-4H3. The van der Waals surface area contributed by atoms with Crippen LogP contribution < -0.4 is 5.32 Å². The Morgan fingerprint density at radius 2 is 1.33 bits per heavy atom. The summed E-state index contributed by atoms with van der Waals surface area (Å²) in [7, 11) is 0. The normalized spacial score (nSPS) is 11.5. The fraction of sp³-hybridized carbons (Fsp3) is 1.00. The molecule has 0 radical (unpaired) electrons. The van der Waals surface area contributed by atoms with Crippen LogP contribution in [0.3, 0.4) is 0 Å². The summed E-state index contributed by atoms with van der Waals surface area (Å²) < 4.78 is 0. The van der Waals surface area contributed by atoms with Gasteiger partial charge in [0.15, 0.2) is 0 Å². The van der Waals surface area contributed by atoms with Crippen molar-refractivity contribution in [2.75, 3.05) is 6.54 Å².